The van der Waals surface area contributed by atoms with Gasteiger partial charge in [-0.2, -0.15) is 0 Å². The second-order valence-electron chi connectivity index (χ2n) is 6.35. The lowest BCUT2D eigenvalue weighted by Gasteiger charge is -2.28. The molecule has 2 heterocycles. The molecule has 1 saturated heterocycles. The maximum absolute atomic E-state index is 12.7. The molecular weight excluding hydrogens is 298 g/mol. The molecule has 0 spiro atoms. The first-order valence-electron chi connectivity index (χ1n) is 7.81. The average Bonchev–Trinajstić information content (AvgIpc) is 2.95. The van der Waals surface area contributed by atoms with E-state index < -0.39 is 11.9 Å². The fraction of sp³-hybridized carbons (Fsp3) is 0.529. The molecule has 0 radical (unpaired) electrons. The van der Waals surface area contributed by atoms with Gasteiger partial charge in [0.05, 0.1) is 18.9 Å². The predicted molar refractivity (Wildman–Crippen MR) is 82.6 cm³/mol. The van der Waals surface area contributed by atoms with Gasteiger partial charge in [-0.25, -0.2) is 0 Å². The number of nitrogens with zero attached hydrogens (tertiary/aromatic N) is 1. The van der Waals surface area contributed by atoms with E-state index in [2.05, 4.69) is 0 Å². The molecule has 6 nitrogen and oxygen atoms in total. The summed E-state index contributed by atoms with van der Waals surface area (Å²) in [4.78, 5) is 25.6. The van der Waals surface area contributed by atoms with Crippen LogP contribution in [0.3, 0.4) is 0 Å². The molecule has 124 valence electrons. The first-order valence-corrected chi connectivity index (χ1v) is 7.81. The van der Waals surface area contributed by atoms with Crippen molar-refractivity contribution < 1.29 is 24.2 Å². The summed E-state index contributed by atoms with van der Waals surface area (Å²) in [5.41, 5.74) is 0.955. The number of fused-ring (bicyclic) bond motifs is 1. The molecule has 6 heteroatoms. The van der Waals surface area contributed by atoms with Crippen molar-refractivity contribution in [1.82, 2.24) is 4.90 Å². The highest BCUT2D eigenvalue weighted by Gasteiger charge is 2.39. The lowest BCUT2D eigenvalue weighted by molar-refractivity contribution is -0.142. The van der Waals surface area contributed by atoms with Crippen LogP contribution in [0.5, 0.6) is 11.5 Å². The van der Waals surface area contributed by atoms with Crippen molar-refractivity contribution in [1.29, 1.82) is 0 Å². The highest BCUT2D eigenvalue weighted by molar-refractivity contribution is 5.81. The van der Waals surface area contributed by atoms with Crippen LogP contribution >= 0.6 is 0 Å². The molecule has 3 rings (SSSR count). The Morgan fingerprint density at radius 2 is 2.13 bits per heavy atom. The van der Waals surface area contributed by atoms with Gasteiger partial charge >= 0.3 is 5.97 Å². The molecule has 23 heavy (non-hydrogen) atoms. The minimum Gasteiger partial charge on any atom is -0.497 e. The molecule has 0 bridgehead atoms. The fourth-order valence-electron chi connectivity index (χ4n) is 3.38. The number of rotatable bonds is 3. The van der Waals surface area contributed by atoms with Crippen LogP contribution in [0.25, 0.3) is 0 Å². The van der Waals surface area contributed by atoms with Crippen LogP contribution in [-0.4, -0.2) is 48.7 Å². The molecule has 2 aliphatic heterocycles. The van der Waals surface area contributed by atoms with Gasteiger partial charge in [0, 0.05) is 13.1 Å². The van der Waals surface area contributed by atoms with Crippen LogP contribution in [0.15, 0.2) is 18.2 Å². The van der Waals surface area contributed by atoms with Crippen molar-refractivity contribution in [2.45, 2.75) is 13.3 Å². The van der Waals surface area contributed by atoms with Crippen molar-refractivity contribution in [2.24, 2.45) is 17.8 Å². The number of benzene rings is 1. The molecule has 2 aliphatic rings. The third kappa shape index (κ3) is 2.98. The van der Waals surface area contributed by atoms with Crippen molar-refractivity contribution in [3.8, 4) is 11.5 Å². The Morgan fingerprint density at radius 3 is 2.78 bits per heavy atom. The lowest BCUT2D eigenvalue weighted by Crippen LogP contribution is -2.40. The summed E-state index contributed by atoms with van der Waals surface area (Å²) >= 11 is 0. The maximum atomic E-state index is 12.7. The Morgan fingerprint density at radius 1 is 1.35 bits per heavy atom. The molecule has 1 amide bonds. The van der Waals surface area contributed by atoms with E-state index in [9.17, 15) is 14.7 Å². The first-order chi connectivity index (χ1) is 11.0. The number of aliphatic carboxylic acids is 1. The molecule has 1 N–H and O–H groups in total. The molecule has 1 aromatic carbocycles. The van der Waals surface area contributed by atoms with Gasteiger partial charge in [-0.15, -0.1) is 0 Å². The minimum absolute atomic E-state index is 0.0194. The Balaban J connectivity index is 1.71. The number of carboxylic acids is 1. The number of ether oxygens (including phenoxy) is 2. The summed E-state index contributed by atoms with van der Waals surface area (Å²) in [7, 11) is 1.60. The summed E-state index contributed by atoms with van der Waals surface area (Å²) < 4.78 is 10.9. The topological polar surface area (TPSA) is 76.1 Å². The van der Waals surface area contributed by atoms with E-state index in [-0.39, 0.29) is 24.3 Å². The largest absolute Gasteiger partial charge is 0.497 e. The number of carbonyl (C=O) groups is 2. The van der Waals surface area contributed by atoms with Crippen LogP contribution in [-0.2, 0) is 16.0 Å². The molecule has 1 aromatic rings. The fourth-order valence-corrected chi connectivity index (χ4v) is 3.38. The summed E-state index contributed by atoms with van der Waals surface area (Å²) in [6.07, 6.45) is 0.591. The van der Waals surface area contributed by atoms with Gasteiger partial charge in [-0.1, -0.05) is 6.92 Å². The SMILES string of the molecule is COc1ccc2c(c1)CC(C(=O)N1C[C@@H](C)[C@H](C(=O)O)C1)CO2. The Bertz CT molecular complexity index is 629. The van der Waals surface area contributed by atoms with Crippen LogP contribution in [0.1, 0.15) is 12.5 Å². The second kappa shape index (κ2) is 6.10. The second-order valence-corrected chi connectivity index (χ2v) is 6.35. The molecule has 0 aromatic heterocycles. The number of carboxylic acid groups (broad SMARTS) is 1. The van der Waals surface area contributed by atoms with E-state index in [1.165, 1.54) is 0 Å². The molecule has 0 aliphatic carbocycles. The zero-order chi connectivity index (χ0) is 16.6. The Labute approximate surface area is 135 Å². The molecule has 0 saturated carbocycles. The minimum atomic E-state index is -0.831. The summed E-state index contributed by atoms with van der Waals surface area (Å²) in [5, 5.41) is 9.20. The van der Waals surface area contributed by atoms with Crippen molar-refractivity contribution >= 4 is 11.9 Å². The van der Waals surface area contributed by atoms with E-state index >= 15 is 0 Å². The average molecular weight is 319 g/mol. The quantitative estimate of drug-likeness (QED) is 0.912. The van der Waals surface area contributed by atoms with Crippen molar-refractivity contribution in [2.75, 3.05) is 26.8 Å². The van der Waals surface area contributed by atoms with Crippen LogP contribution in [0.4, 0.5) is 0 Å². The highest BCUT2D eigenvalue weighted by Crippen LogP contribution is 2.32. The number of carbonyl (C=O) groups excluding carboxylic acids is 1. The molecule has 1 unspecified atom stereocenters. The third-order valence-electron chi connectivity index (χ3n) is 4.76. The van der Waals surface area contributed by atoms with E-state index in [4.69, 9.17) is 9.47 Å². The van der Waals surface area contributed by atoms with Gasteiger partial charge in [-0.05, 0) is 36.1 Å². The number of likely N-dealkylation sites (tertiary alicyclic amines) is 1. The van der Waals surface area contributed by atoms with Crippen LogP contribution < -0.4 is 9.47 Å². The van der Waals surface area contributed by atoms with Crippen molar-refractivity contribution in [3.63, 3.8) is 0 Å². The number of methoxy groups -OCH3 is 1. The number of amides is 1. The van der Waals surface area contributed by atoms with E-state index in [1.54, 1.807) is 12.0 Å². The van der Waals surface area contributed by atoms with Gasteiger partial charge in [0.1, 0.15) is 18.1 Å². The van der Waals surface area contributed by atoms with E-state index in [1.807, 2.05) is 25.1 Å². The highest BCUT2D eigenvalue weighted by atomic mass is 16.5. The van der Waals surface area contributed by atoms with Gasteiger partial charge in [0.2, 0.25) is 5.91 Å². The van der Waals surface area contributed by atoms with Crippen molar-refractivity contribution in [3.05, 3.63) is 23.8 Å². The zero-order valence-corrected chi connectivity index (χ0v) is 13.3. The van der Waals surface area contributed by atoms with Gasteiger partial charge in [0.15, 0.2) is 0 Å². The molecule has 1 fully saturated rings. The monoisotopic (exact) mass is 319 g/mol. The smallest absolute Gasteiger partial charge is 0.308 e. The van der Waals surface area contributed by atoms with Crippen LogP contribution in [0, 0.1) is 17.8 Å². The normalized spacial score (nSPS) is 26.3. The third-order valence-corrected chi connectivity index (χ3v) is 4.76. The summed E-state index contributed by atoms with van der Waals surface area (Å²) in [6.45, 7) is 3.00. The standard InChI is InChI=1S/C17H21NO5/c1-10-7-18(8-14(10)17(20)21)16(19)12-5-11-6-13(22-2)3-4-15(11)23-9-12/h3-4,6,10,12,14H,5,7-9H2,1-2H3,(H,20,21)/t10-,12?,14-/m1/s1. The van der Waals surface area contributed by atoms with Gasteiger partial charge in [0.25, 0.3) is 0 Å². The van der Waals surface area contributed by atoms with Crippen LogP contribution in [0.2, 0.25) is 0 Å². The van der Waals surface area contributed by atoms with E-state index in [0.29, 0.717) is 19.6 Å². The number of hydrogen-bond acceptors (Lipinski definition) is 4. The molecule has 3 atom stereocenters. The zero-order valence-electron chi connectivity index (χ0n) is 13.3. The maximum Gasteiger partial charge on any atom is 0.308 e. The van der Waals surface area contributed by atoms with Gasteiger partial charge in [-0.3, -0.25) is 9.59 Å². The van der Waals surface area contributed by atoms with Gasteiger partial charge < -0.3 is 19.5 Å². The Kier molecular flexibility index (Phi) is 4.15. The summed E-state index contributed by atoms with van der Waals surface area (Å²) in [6, 6.07) is 5.58. The predicted octanol–water partition coefficient (Wildman–Crippen LogP) is 1.43. The lowest BCUT2D eigenvalue weighted by atomic mass is 9.95. The van der Waals surface area contributed by atoms with E-state index in [0.717, 1.165) is 17.1 Å². The molecular formula is C17H21NO5. The number of hydrogen-bond donors (Lipinski definition) is 1. The Hall–Kier alpha value is -2.24. The summed E-state index contributed by atoms with van der Waals surface area (Å²) in [5.74, 6) is -0.0930. The first kappa shape index (κ1) is 15.6.